The minimum absolute atomic E-state index is 0.0158. The van der Waals surface area contributed by atoms with E-state index in [4.69, 9.17) is 9.47 Å². The molecule has 8 nitrogen and oxygen atoms in total. The number of rotatable bonds is 6. The van der Waals surface area contributed by atoms with Crippen LogP contribution < -0.4 is 14.8 Å². The number of nitro benzene ring substituents is 1. The Hall–Kier alpha value is -3.13. The van der Waals surface area contributed by atoms with Crippen molar-refractivity contribution in [1.82, 2.24) is 4.90 Å². The lowest BCUT2D eigenvalue weighted by Crippen LogP contribution is -2.29. The lowest BCUT2D eigenvalue weighted by atomic mass is 10.2. The van der Waals surface area contributed by atoms with E-state index in [1.54, 1.807) is 0 Å². The van der Waals surface area contributed by atoms with Gasteiger partial charge in [-0.3, -0.25) is 19.8 Å². The summed E-state index contributed by atoms with van der Waals surface area (Å²) in [6, 6.07) is 11.4. The molecule has 1 aliphatic rings. The third-order valence-corrected chi connectivity index (χ3v) is 3.66. The largest absolute Gasteiger partial charge is 0.454 e. The van der Waals surface area contributed by atoms with Crippen LogP contribution in [0, 0.1) is 10.1 Å². The standard InChI is InChI=1S/C17H17N3O5/c1-19(9-12-2-7-15-16(8-12)25-11-24-15)10-17(21)18-13-3-5-14(6-4-13)20(22)23/h2-8H,9-11H2,1H3,(H,18,21). The number of fused-ring (bicyclic) bond motifs is 1. The number of likely N-dealkylation sites (N-methyl/N-ethyl adjacent to an activating group) is 1. The van der Waals surface area contributed by atoms with Gasteiger partial charge in [0.2, 0.25) is 12.7 Å². The topological polar surface area (TPSA) is 93.9 Å². The summed E-state index contributed by atoms with van der Waals surface area (Å²) in [5, 5.41) is 13.3. The second kappa shape index (κ2) is 7.18. The Bertz CT molecular complexity index is 791. The van der Waals surface area contributed by atoms with E-state index in [1.165, 1.54) is 24.3 Å². The van der Waals surface area contributed by atoms with Crippen LogP contribution in [0.1, 0.15) is 5.56 Å². The van der Waals surface area contributed by atoms with E-state index < -0.39 is 4.92 Å². The Balaban J connectivity index is 1.52. The predicted octanol–water partition coefficient (Wildman–Crippen LogP) is 2.39. The van der Waals surface area contributed by atoms with E-state index in [2.05, 4.69) is 5.32 Å². The fraction of sp³-hybridized carbons (Fsp3) is 0.235. The first-order valence-electron chi connectivity index (χ1n) is 7.62. The van der Waals surface area contributed by atoms with Crippen molar-refractivity contribution in [1.29, 1.82) is 0 Å². The highest BCUT2D eigenvalue weighted by Crippen LogP contribution is 2.32. The van der Waals surface area contributed by atoms with Gasteiger partial charge in [0.05, 0.1) is 11.5 Å². The van der Waals surface area contributed by atoms with Crippen LogP contribution in [0.5, 0.6) is 11.5 Å². The van der Waals surface area contributed by atoms with Crippen LogP contribution in [0.15, 0.2) is 42.5 Å². The SMILES string of the molecule is CN(CC(=O)Nc1ccc([N+](=O)[O-])cc1)Cc1ccc2c(c1)OCO2. The van der Waals surface area contributed by atoms with Gasteiger partial charge in [-0.05, 0) is 36.9 Å². The molecule has 130 valence electrons. The summed E-state index contributed by atoms with van der Waals surface area (Å²) >= 11 is 0. The highest BCUT2D eigenvalue weighted by atomic mass is 16.7. The molecule has 25 heavy (non-hydrogen) atoms. The highest BCUT2D eigenvalue weighted by molar-refractivity contribution is 5.92. The quantitative estimate of drug-likeness (QED) is 0.639. The van der Waals surface area contributed by atoms with Crippen LogP contribution in [0.25, 0.3) is 0 Å². The predicted molar refractivity (Wildman–Crippen MR) is 90.6 cm³/mol. The Morgan fingerprint density at radius 2 is 1.92 bits per heavy atom. The monoisotopic (exact) mass is 343 g/mol. The van der Waals surface area contributed by atoms with Crippen molar-refractivity contribution in [3.63, 3.8) is 0 Å². The first-order chi connectivity index (χ1) is 12.0. The number of anilines is 1. The van der Waals surface area contributed by atoms with E-state index >= 15 is 0 Å². The van der Waals surface area contributed by atoms with E-state index in [-0.39, 0.29) is 24.9 Å². The van der Waals surface area contributed by atoms with Crippen LogP contribution in [-0.4, -0.2) is 36.1 Å². The summed E-state index contributed by atoms with van der Waals surface area (Å²) in [6.45, 7) is 0.988. The van der Waals surface area contributed by atoms with Crippen molar-refractivity contribution in [2.24, 2.45) is 0 Å². The molecule has 0 aliphatic carbocycles. The molecule has 1 N–H and O–H groups in total. The van der Waals surface area contributed by atoms with Gasteiger partial charge in [0, 0.05) is 24.4 Å². The van der Waals surface area contributed by atoms with Crippen LogP contribution >= 0.6 is 0 Å². The zero-order valence-corrected chi connectivity index (χ0v) is 13.6. The van der Waals surface area contributed by atoms with Gasteiger partial charge in [-0.1, -0.05) is 6.07 Å². The van der Waals surface area contributed by atoms with Crippen LogP contribution in [-0.2, 0) is 11.3 Å². The number of carbonyl (C=O) groups excluding carboxylic acids is 1. The highest BCUT2D eigenvalue weighted by Gasteiger charge is 2.15. The first kappa shape index (κ1) is 16.7. The van der Waals surface area contributed by atoms with Gasteiger partial charge in [-0.2, -0.15) is 0 Å². The van der Waals surface area contributed by atoms with E-state index in [0.29, 0.717) is 18.0 Å². The molecule has 0 saturated carbocycles. The number of carbonyl (C=O) groups is 1. The minimum Gasteiger partial charge on any atom is -0.454 e. The van der Waals surface area contributed by atoms with Crippen LogP contribution in [0.4, 0.5) is 11.4 Å². The molecular weight excluding hydrogens is 326 g/mol. The van der Waals surface area contributed by atoms with Crippen LogP contribution in [0.3, 0.4) is 0 Å². The van der Waals surface area contributed by atoms with Gasteiger partial charge in [0.1, 0.15) is 0 Å². The fourth-order valence-corrected chi connectivity index (χ4v) is 2.52. The van der Waals surface area contributed by atoms with Gasteiger partial charge < -0.3 is 14.8 Å². The van der Waals surface area contributed by atoms with Gasteiger partial charge in [-0.15, -0.1) is 0 Å². The third-order valence-electron chi connectivity index (χ3n) is 3.66. The lowest BCUT2D eigenvalue weighted by molar-refractivity contribution is -0.384. The fourth-order valence-electron chi connectivity index (χ4n) is 2.52. The number of nitrogens with one attached hydrogen (secondary N) is 1. The second-order valence-corrected chi connectivity index (χ2v) is 5.71. The van der Waals surface area contributed by atoms with E-state index in [0.717, 1.165) is 11.3 Å². The maximum absolute atomic E-state index is 12.1. The number of benzene rings is 2. The second-order valence-electron chi connectivity index (χ2n) is 5.71. The Morgan fingerprint density at radius 1 is 1.20 bits per heavy atom. The number of non-ortho nitro benzene ring substituents is 1. The molecule has 2 aromatic carbocycles. The van der Waals surface area contributed by atoms with Crippen molar-refractivity contribution in [2.75, 3.05) is 25.7 Å². The maximum Gasteiger partial charge on any atom is 0.269 e. The average Bonchev–Trinajstić information content (AvgIpc) is 3.02. The molecule has 2 aromatic rings. The average molecular weight is 343 g/mol. The van der Waals surface area contributed by atoms with Crippen LogP contribution in [0.2, 0.25) is 0 Å². The molecular formula is C17H17N3O5. The maximum atomic E-state index is 12.1. The normalized spacial score (nSPS) is 12.2. The van der Waals surface area contributed by atoms with Crippen molar-refractivity contribution >= 4 is 17.3 Å². The van der Waals surface area contributed by atoms with Gasteiger partial charge in [0.15, 0.2) is 11.5 Å². The van der Waals surface area contributed by atoms with E-state index in [1.807, 2.05) is 30.1 Å². The third kappa shape index (κ3) is 4.24. The smallest absolute Gasteiger partial charge is 0.269 e. The zero-order valence-electron chi connectivity index (χ0n) is 13.6. The first-order valence-corrected chi connectivity index (χ1v) is 7.62. The number of hydrogen-bond acceptors (Lipinski definition) is 6. The Kier molecular flexibility index (Phi) is 4.80. The molecule has 0 radical (unpaired) electrons. The van der Waals surface area contributed by atoms with Crippen molar-refractivity contribution < 1.29 is 19.2 Å². The Morgan fingerprint density at radius 3 is 2.64 bits per heavy atom. The number of hydrogen-bond donors (Lipinski definition) is 1. The molecule has 3 rings (SSSR count). The summed E-state index contributed by atoms with van der Waals surface area (Å²) in [5.41, 5.74) is 1.51. The molecule has 0 saturated heterocycles. The number of nitrogens with zero attached hydrogens (tertiary/aromatic N) is 2. The number of nitro groups is 1. The summed E-state index contributed by atoms with van der Waals surface area (Å²) in [4.78, 5) is 24.1. The van der Waals surface area contributed by atoms with Crippen molar-refractivity contribution in [3.05, 3.63) is 58.1 Å². The zero-order chi connectivity index (χ0) is 17.8. The summed E-state index contributed by atoms with van der Waals surface area (Å²) < 4.78 is 10.6. The number of amides is 1. The molecule has 1 heterocycles. The van der Waals surface area contributed by atoms with Crippen molar-refractivity contribution in [3.8, 4) is 11.5 Å². The molecule has 1 amide bonds. The molecule has 0 aromatic heterocycles. The summed E-state index contributed by atoms with van der Waals surface area (Å²) in [6.07, 6.45) is 0. The summed E-state index contributed by atoms with van der Waals surface area (Å²) in [7, 11) is 1.83. The van der Waals surface area contributed by atoms with Crippen molar-refractivity contribution in [2.45, 2.75) is 6.54 Å². The summed E-state index contributed by atoms with van der Waals surface area (Å²) in [5.74, 6) is 1.24. The van der Waals surface area contributed by atoms with Gasteiger partial charge in [0.25, 0.3) is 5.69 Å². The van der Waals surface area contributed by atoms with E-state index in [9.17, 15) is 14.9 Å². The molecule has 0 fully saturated rings. The van der Waals surface area contributed by atoms with Gasteiger partial charge >= 0.3 is 0 Å². The molecule has 0 unspecified atom stereocenters. The molecule has 8 heteroatoms. The minimum atomic E-state index is -0.481. The number of ether oxygens (including phenoxy) is 2. The van der Waals surface area contributed by atoms with Gasteiger partial charge in [-0.25, -0.2) is 0 Å². The molecule has 0 atom stereocenters. The molecule has 0 spiro atoms. The lowest BCUT2D eigenvalue weighted by Gasteiger charge is -2.16. The molecule has 1 aliphatic heterocycles. The Labute approximate surface area is 144 Å². The molecule has 0 bridgehead atoms.